The Bertz CT molecular complexity index is 756. The summed E-state index contributed by atoms with van der Waals surface area (Å²) >= 11 is 3.43. The number of nitrogens with zero attached hydrogens (tertiary/aromatic N) is 1. The summed E-state index contributed by atoms with van der Waals surface area (Å²) < 4.78 is 17.2. The normalized spacial score (nSPS) is 16.3. The number of carbonyl (C=O) groups excluding carboxylic acids is 1. The number of nitrogens with one attached hydrogen (secondary N) is 1. The molecule has 6 nitrogen and oxygen atoms in total. The van der Waals surface area contributed by atoms with Crippen molar-refractivity contribution in [2.45, 2.75) is 13.0 Å². The number of rotatable bonds is 6. The highest BCUT2D eigenvalue weighted by Gasteiger charge is 2.26. The lowest BCUT2D eigenvalue weighted by atomic mass is 10.1. The van der Waals surface area contributed by atoms with Crippen LogP contribution in [0.15, 0.2) is 39.2 Å². The third kappa shape index (κ3) is 4.47. The van der Waals surface area contributed by atoms with Crippen LogP contribution in [-0.2, 0) is 4.74 Å². The number of hydrogen-bond acceptors (Lipinski definition) is 5. The Morgan fingerprint density at radius 1 is 1.31 bits per heavy atom. The molecule has 1 amide bonds. The molecule has 1 aliphatic heterocycles. The topological polar surface area (TPSA) is 63.9 Å². The van der Waals surface area contributed by atoms with Crippen molar-refractivity contribution in [1.29, 1.82) is 0 Å². The molecule has 2 aromatic rings. The minimum Gasteiger partial charge on any atom is -0.497 e. The van der Waals surface area contributed by atoms with Gasteiger partial charge in [-0.2, -0.15) is 0 Å². The number of halogens is 1. The summed E-state index contributed by atoms with van der Waals surface area (Å²) in [6.07, 6.45) is 0. The smallest absolute Gasteiger partial charge is 0.252 e. The van der Waals surface area contributed by atoms with Gasteiger partial charge in [-0.05, 0) is 53.2 Å². The summed E-state index contributed by atoms with van der Waals surface area (Å²) in [5.41, 5.74) is 0.542. The van der Waals surface area contributed by atoms with Gasteiger partial charge < -0.3 is 19.2 Å². The van der Waals surface area contributed by atoms with Crippen LogP contribution in [0.25, 0.3) is 0 Å². The maximum absolute atomic E-state index is 12.7. The zero-order chi connectivity index (χ0) is 18.5. The molecule has 0 spiro atoms. The number of ether oxygens (including phenoxy) is 2. The van der Waals surface area contributed by atoms with Crippen molar-refractivity contribution in [1.82, 2.24) is 10.2 Å². The van der Waals surface area contributed by atoms with Crippen molar-refractivity contribution >= 4 is 21.8 Å². The average Bonchev–Trinajstić information content (AvgIpc) is 3.09. The van der Waals surface area contributed by atoms with E-state index in [-0.39, 0.29) is 11.9 Å². The van der Waals surface area contributed by atoms with Crippen LogP contribution in [0.3, 0.4) is 0 Å². The van der Waals surface area contributed by atoms with Gasteiger partial charge in [-0.1, -0.05) is 0 Å². The van der Waals surface area contributed by atoms with Gasteiger partial charge in [0.2, 0.25) is 0 Å². The quantitative estimate of drug-likeness (QED) is 0.774. The van der Waals surface area contributed by atoms with E-state index >= 15 is 0 Å². The van der Waals surface area contributed by atoms with E-state index in [2.05, 4.69) is 26.1 Å². The van der Waals surface area contributed by atoms with Crippen LogP contribution in [0, 0.1) is 6.92 Å². The van der Waals surface area contributed by atoms with Gasteiger partial charge in [0.25, 0.3) is 5.91 Å². The Balaban J connectivity index is 1.74. The fraction of sp³-hybridized carbons (Fsp3) is 0.421. The number of amides is 1. The molecule has 1 atom stereocenters. The lowest BCUT2D eigenvalue weighted by Gasteiger charge is -2.33. The second kappa shape index (κ2) is 8.70. The highest BCUT2D eigenvalue weighted by molar-refractivity contribution is 9.10. The first-order chi connectivity index (χ1) is 12.6. The van der Waals surface area contributed by atoms with E-state index in [4.69, 9.17) is 13.9 Å². The predicted octanol–water partition coefficient (Wildman–Crippen LogP) is 3.16. The van der Waals surface area contributed by atoms with Crippen LogP contribution >= 0.6 is 15.9 Å². The van der Waals surface area contributed by atoms with Crippen molar-refractivity contribution in [3.63, 3.8) is 0 Å². The van der Waals surface area contributed by atoms with Gasteiger partial charge in [0.05, 0.1) is 31.9 Å². The summed E-state index contributed by atoms with van der Waals surface area (Å²) in [4.78, 5) is 15.0. The number of methoxy groups -OCH3 is 1. The van der Waals surface area contributed by atoms with E-state index in [9.17, 15) is 4.79 Å². The fourth-order valence-electron chi connectivity index (χ4n) is 3.02. The Morgan fingerprint density at radius 3 is 2.73 bits per heavy atom. The summed E-state index contributed by atoms with van der Waals surface area (Å²) in [5.74, 6) is 2.21. The van der Waals surface area contributed by atoms with Gasteiger partial charge in [0, 0.05) is 24.1 Å². The number of aryl methyl sites for hydroxylation is 1. The van der Waals surface area contributed by atoms with E-state index in [0.29, 0.717) is 31.1 Å². The molecule has 1 unspecified atom stereocenters. The molecule has 3 rings (SSSR count). The molecule has 1 aliphatic rings. The zero-order valence-electron chi connectivity index (χ0n) is 15.0. The minimum absolute atomic E-state index is 0.0269. The summed E-state index contributed by atoms with van der Waals surface area (Å²) in [5, 5.41) is 3.03. The standard InChI is InChI=1S/C19H23BrN2O4/c1-13-3-6-18(26-13)17(22-7-9-25-10-8-22)12-21-19(23)15-11-14(24-2)4-5-16(15)20/h3-6,11,17H,7-10,12H2,1-2H3,(H,21,23). The molecule has 0 radical (unpaired) electrons. The second-order valence-electron chi connectivity index (χ2n) is 6.17. The van der Waals surface area contributed by atoms with Crippen molar-refractivity contribution in [3.05, 3.63) is 51.9 Å². The minimum atomic E-state index is -0.155. The van der Waals surface area contributed by atoms with E-state index in [1.54, 1.807) is 13.2 Å². The average molecular weight is 423 g/mol. The molecule has 0 bridgehead atoms. The van der Waals surface area contributed by atoms with Gasteiger partial charge in [-0.15, -0.1) is 0 Å². The molecule has 1 fully saturated rings. The lowest BCUT2D eigenvalue weighted by Crippen LogP contribution is -2.43. The summed E-state index contributed by atoms with van der Waals surface area (Å²) in [6.45, 7) is 5.37. The Morgan fingerprint density at radius 2 is 2.08 bits per heavy atom. The van der Waals surface area contributed by atoms with Crippen molar-refractivity contribution in [2.24, 2.45) is 0 Å². The first kappa shape index (κ1) is 18.9. The van der Waals surface area contributed by atoms with Crippen LogP contribution in [-0.4, -0.2) is 50.8 Å². The molecule has 140 valence electrons. The third-order valence-electron chi connectivity index (χ3n) is 4.45. The molecule has 2 heterocycles. The first-order valence-corrected chi connectivity index (χ1v) is 9.37. The van der Waals surface area contributed by atoms with Crippen LogP contribution < -0.4 is 10.1 Å². The van der Waals surface area contributed by atoms with Crippen LogP contribution in [0.5, 0.6) is 5.75 Å². The molecular formula is C19H23BrN2O4. The Labute approximate surface area is 161 Å². The molecule has 0 saturated carbocycles. The largest absolute Gasteiger partial charge is 0.497 e. The fourth-order valence-corrected chi connectivity index (χ4v) is 3.45. The Kier molecular flexibility index (Phi) is 6.34. The molecule has 0 aliphatic carbocycles. The van der Waals surface area contributed by atoms with E-state index in [1.165, 1.54) is 0 Å². The van der Waals surface area contributed by atoms with Gasteiger partial charge >= 0.3 is 0 Å². The van der Waals surface area contributed by atoms with E-state index in [1.807, 2.05) is 31.2 Å². The van der Waals surface area contributed by atoms with E-state index in [0.717, 1.165) is 29.1 Å². The van der Waals surface area contributed by atoms with Crippen molar-refractivity contribution in [3.8, 4) is 5.75 Å². The van der Waals surface area contributed by atoms with Gasteiger partial charge in [0.15, 0.2) is 0 Å². The lowest BCUT2D eigenvalue weighted by molar-refractivity contribution is 0.0117. The Hall–Kier alpha value is -1.83. The van der Waals surface area contributed by atoms with Crippen LogP contribution in [0.4, 0.5) is 0 Å². The molecule has 1 aromatic carbocycles. The third-order valence-corrected chi connectivity index (χ3v) is 5.14. The molecule has 26 heavy (non-hydrogen) atoms. The van der Waals surface area contributed by atoms with Crippen LogP contribution in [0.1, 0.15) is 27.9 Å². The second-order valence-corrected chi connectivity index (χ2v) is 7.02. The zero-order valence-corrected chi connectivity index (χ0v) is 16.5. The van der Waals surface area contributed by atoms with Crippen molar-refractivity contribution in [2.75, 3.05) is 40.0 Å². The maximum atomic E-state index is 12.7. The summed E-state index contributed by atoms with van der Waals surface area (Å²) in [7, 11) is 1.58. The number of furan rings is 1. The molecule has 7 heteroatoms. The maximum Gasteiger partial charge on any atom is 0.252 e. The number of carbonyl (C=O) groups is 1. The summed E-state index contributed by atoms with van der Waals surface area (Å²) in [6, 6.07) is 9.24. The van der Waals surface area contributed by atoms with Gasteiger partial charge in [0.1, 0.15) is 17.3 Å². The molecule has 1 aromatic heterocycles. The first-order valence-electron chi connectivity index (χ1n) is 8.58. The molecule has 1 N–H and O–H groups in total. The van der Waals surface area contributed by atoms with Crippen LogP contribution in [0.2, 0.25) is 0 Å². The predicted molar refractivity (Wildman–Crippen MR) is 102 cm³/mol. The van der Waals surface area contributed by atoms with E-state index < -0.39 is 0 Å². The number of benzene rings is 1. The molecule has 1 saturated heterocycles. The highest BCUT2D eigenvalue weighted by atomic mass is 79.9. The highest BCUT2D eigenvalue weighted by Crippen LogP contribution is 2.25. The monoisotopic (exact) mass is 422 g/mol. The number of morpholine rings is 1. The van der Waals surface area contributed by atoms with Gasteiger partial charge in [-0.3, -0.25) is 9.69 Å². The van der Waals surface area contributed by atoms with Crippen molar-refractivity contribution < 1.29 is 18.7 Å². The van der Waals surface area contributed by atoms with Gasteiger partial charge in [-0.25, -0.2) is 0 Å². The molecular weight excluding hydrogens is 400 g/mol. The number of hydrogen-bond donors (Lipinski definition) is 1. The SMILES string of the molecule is COc1ccc(Br)c(C(=O)NCC(c2ccc(C)o2)N2CCOCC2)c1.